The zero-order valence-electron chi connectivity index (χ0n) is 12.2. The third kappa shape index (κ3) is 3.08. The normalized spacial score (nSPS) is 21.6. The van der Waals surface area contributed by atoms with Gasteiger partial charge in [0.25, 0.3) is 0 Å². The van der Waals surface area contributed by atoms with Crippen molar-refractivity contribution in [3.63, 3.8) is 0 Å². The third-order valence-corrected chi connectivity index (χ3v) is 3.76. The van der Waals surface area contributed by atoms with Gasteiger partial charge in [-0.25, -0.2) is 4.98 Å². The minimum absolute atomic E-state index is 0.0490. The first kappa shape index (κ1) is 13.9. The van der Waals surface area contributed by atoms with Crippen molar-refractivity contribution in [1.82, 2.24) is 9.97 Å². The van der Waals surface area contributed by atoms with Crippen molar-refractivity contribution in [3.05, 3.63) is 6.33 Å². The monoisotopic (exact) mass is 264 g/mol. The van der Waals surface area contributed by atoms with Gasteiger partial charge in [0.2, 0.25) is 5.88 Å². The summed E-state index contributed by atoms with van der Waals surface area (Å²) in [6.45, 7) is 8.46. The molecule has 5 heteroatoms. The van der Waals surface area contributed by atoms with Gasteiger partial charge in [0.15, 0.2) is 5.82 Å². The number of ether oxygens (including phenoxy) is 1. The van der Waals surface area contributed by atoms with Crippen LogP contribution in [-0.2, 0) is 0 Å². The minimum Gasteiger partial charge on any atom is -0.473 e. The molecule has 0 bridgehead atoms. The summed E-state index contributed by atoms with van der Waals surface area (Å²) in [5, 5.41) is 3.46. The molecule has 0 radical (unpaired) electrons. The molecule has 1 heterocycles. The predicted molar refractivity (Wildman–Crippen MR) is 77.3 cm³/mol. The van der Waals surface area contributed by atoms with Crippen LogP contribution in [-0.4, -0.2) is 22.1 Å². The first-order chi connectivity index (χ1) is 8.90. The Kier molecular flexibility index (Phi) is 3.83. The first-order valence-electron chi connectivity index (χ1n) is 6.94. The lowest BCUT2D eigenvalue weighted by atomic mass is 9.87. The molecule has 1 fully saturated rings. The maximum atomic E-state index is 6.09. The van der Waals surface area contributed by atoms with Gasteiger partial charge in [0.05, 0.1) is 6.10 Å². The van der Waals surface area contributed by atoms with Crippen LogP contribution in [0.3, 0.4) is 0 Å². The Hall–Kier alpha value is -1.52. The molecule has 0 amide bonds. The van der Waals surface area contributed by atoms with Crippen molar-refractivity contribution < 1.29 is 4.74 Å². The molecule has 1 aliphatic carbocycles. The van der Waals surface area contributed by atoms with E-state index >= 15 is 0 Å². The number of nitrogens with two attached hydrogens (primary N) is 1. The van der Waals surface area contributed by atoms with Gasteiger partial charge in [-0.15, -0.1) is 0 Å². The van der Waals surface area contributed by atoms with Gasteiger partial charge in [-0.05, 0) is 32.1 Å². The molecule has 1 aromatic heterocycles. The average molecular weight is 264 g/mol. The van der Waals surface area contributed by atoms with Gasteiger partial charge < -0.3 is 15.8 Å². The van der Waals surface area contributed by atoms with Crippen LogP contribution in [0.4, 0.5) is 11.5 Å². The van der Waals surface area contributed by atoms with E-state index in [2.05, 4.69) is 29.1 Å². The Morgan fingerprint density at radius 1 is 1.42 bits per heavy atom. The van der Waals surface area contributed by atoms with Gasteiger partial charge in [-0.3, -0.25) is 0 Å². The topological polar surface area (TPSA) is 73.1 Å². The van der Waals surface area contributed by atoms with Crippen LogP contribution in [0.2, 0.25) is 0 Å². The van der Waals surface area contributed by atoms with Crippen LogP contribution in [0.1, 0.15) is 47.0 Å². The molecule has 0 saturated heterocycles. The van der Waals surface area contributed by atoms with E-state index in [0.717, 1.165) is 6.42 Å². The molecule has 1 aromatic rings. The van der Waals surface area contributed by atoms with E-state index in [1.54, 1.807) is 0 Å². The number of nitrogen functional groups attached to an aromatic ring is 1. The van der Waals surface area contributed by atoms with Crippen molar-refractivity contribution in [2.24, 2.45) is 5.41 Å². The fourth-order valence-corrected chi connectivity index (χ4v) is 2.57. The Balaban J connectivity index is 2.17. The van der Waals surface area contributed by atoms with Gasteiger partial charge >= 0.3 is 0 Å². The minimum atomic E-state index is 0.0490. The zero-order valence-corrected chi connectivity index (χ0v) is 12.2. The quantitative estimate of drug-likeness (QED) is 0.874. The van der Waals surface area contributed by atoms with E-state index in [4.69, 9.17) is 10.5 Å². The number of hydrogen-bond acceptors (Lipinski definition) is 5. The molecule has 1 unspecified atom stereocenters. The van der Waals surface area contributed by atoms with E-state index in [0.29, 0.717) is 23.4 Å². The highest BCUT2D eigenvalue weighted by atomic mass is 16.5. The summed E-state index contributed by atoms with van der Waals surface area (Å²) in [4.78, 5) is 8.34. The maximum Gasteiger partial charge on any atom is 0.242 e. The number of hydrogen-bond donors (Lipinski definition) is 2. The fraction of sp³-hybridized carbons (Fsp3) is 0.714. The van der Waals surface area contributed by atoms with Gasteiger partial charge in [-0.1, -0.05) is 20.3 Å². The van der Waals surface area contributed by atoms with Crippen LogP contribution in [0.5, 0.6) is 5.88 Å². The van der Waals surface area contributed by atoms with Crippen molar-refractivity contribution in [2.45, 2.75) is 59.1 Å². The van der Waals surface area contributed by atoms with E-state index in [-0.39, 0.29) is 11.5 Å². The molecule has 1 aliphatic rings. The number of anilines is 2. The van der Waals surface area contributed by atoms with Crippen molar-refractivity contribution in [1.29, 1.82) is 0 Å². The summed E-state index contributed by atoms with van der Waals surface area (Å²) in [6.07, 6.45) is 5.17. The average Bonchev–Trinajstić information content (AvgIpc) is 2.63. The van der Waals surface area contributed by atoms with Gasteiger partial charge in [0, 0.05) is 6.04 Å². The molecular weight excluding hydrogens is 240 g/mol. The lowest BCUT2D eigenvalue weighted by Crippen LogP contribution is -2.31. The Bertz CT molecular complexity index is 445. The molecule has 106 valence electrons. The molecular formula is C14H24N4O. The zero-order chi connectivity index (χ0) is 14.0. The molecule has 1 saturated carbocycles. The second-order valence-electron chi connectivity index (χ2n) is 6.19. The van der Waals surface area contributed by atoms with Gasteiger partial charge in [0.1, 0.15) is 12.0 Å². The second kappa shape index (κ2) is 5.23. The van der Waals surface area contributed by atoms with E-state index < -0.39 is 0 Å². The SMILES string of the molecule is CC(C)Oc1ncnc(NC2CCCC2(C)C)c1N. The predicted octanol–water partition coefficient (Wildman–Crippen LogP) is 2.84. The Labute approximate surface area is 115 Å². The second-order valence-corrected chi connectivity index (χ2v) is 6.19. The molecule has 2 rings (SSSR count). The third-order valence-electron chi connectivity index (χ3n) is 3.76. The smallest absolute Gasteiger partial charge is 0.242 e. The highest BCUT2D eigenvalue weighted by molar-refractivity contribution is 5.66. The molecule has 19 heavy (non-hydrogen) atoms. The summed E-state index contributed by atoms with van der Waals surface area (Å²) in [5.41, 5.74) is 6.86. The molecule has 1 atom stereocenters. The number of rotatable bonds is 4. The molecule has 0 spiro atoms. The van der Waals surface area contributed by atoms with Crippen LogP contribution >= 0.6 is 0 Å². The molecule has 0 aliphatic heterocycles. The summed E-state index contributed by atoms with van der Waals surface area (Å²) >= 11 is 0. The van der Waals surface area contributed by atoms with E-state index in [9.17, 15) is 0 Å². The molecule has 0 aromatic carbocycles. The maximum absolute atomic E-state index is 6.09. The summed E-state index contributed by atoms with van der Waals surface area (Å²) in [7, 11) is 0. The van der Waals surface area contributed by atoms with Crippen molar-refractivity contribution in [2.75, 3.05) is 11.1 Å². The van der Waals surface area contributed by atoms with Crippen LogP contribution < -0.4 is 15.8 Å². The number of aromatic nitrogens is 2. The van der Waals surface area contributed by atoms with Crippen LogP contribution in [0.25, 0.3) is 0 Å². The standard InChI is InChI=1S/C14H24N4O/c1-9(2)19-13-11(15)12(16-8-17-13)18-10-6-5-7-14(10,3)4/h8-10H,5-7,15H2,1-4H3,(H,16,17,18). The lowest BCUT2D eigenvalue weighted by Gasteiger charge is -2.28. The van der Waals surface area contributed by atoms with Gasteiger partial charge in [-0.2, -0.15) is 4.98 Å². The molecule has 3 N–H and O–H groups in total. The summed E-state index contributed by atoms with van der Waals surface area (Å²) in [5.74, 6) is 1.15. The van der Waals surface area contributed by atoms with Crippen LogP contribution in [0, 0.1) is 5.41 Å². The molecule has 5 nitrogen and oxygen atoms in total. The Morgan fingerprint density at radius 3 is 2.74 bits per heavy atom. The summed E-state index contributed by atoms with van der Waals surface area (Å²) < 4.78 is 5.59. The number of nitrogens with one attached hydrogen (secondary N) is 1. The van der Waals surface area contributed by atoms with E-state index in [1.807, 2.05) is 13.8 Å². The lowest BCUT2D eigenvalue weighted by molar-refractivity contribution is 0.234. The van der Waals surface area contributed by atoms with Crippen LogP contribution in [0.15, 0.2) is 6.33 Å². The Morgan fingerprint density at radius 2 is 2.16 bits per heavy atom. The van der Waals surface area contributed by atoms with Crippen molar-refractivity contribution in [3.8, 4) is 5.88 Å². The highest BCUT2D eigenvalue weighted by Gasteiger charge is 2.35. The first-order valence-corrected chi connectivity index (χ1v) is 6.94. The highest BCUT2D eigenvalue weighted by Crippen LogP contribution is 2.40. The largest absolute Gasteiger partial charge is 0.473 e. The fourth-order valence-electron chi connectivity index (χ4n) is 2.57. The summed E-state index contributed by atoms with van der Waals surface area (Å²) in [6, 6.07) is 0.400. The van der Waals surface area contributed by atoms with Crippen molar-refractivity contribution >= 4 is 11.5 Å². The van der Waals surface area contributed by atoms with E-state index in [1.165, 1.54) is 19.2 Å². The number of nitrogens with zero attached hydrogens (tertiary/aromatic N) is 2.